The quantitative estimate of drug-likeness (QED) is 0.0973. The molecule has 0 unspecified atom stereocenters. The average Bonchev–Trinajstić information content (AvgIpc) is 2.70. The smallest absolute Gasteiger partial charge is 0.418 e. The highest BCUT2D eigenvalue weighted by Gasteiger charge is 2.36. The Morgan fingerprint density at radius 1 is 0.567 bits per heavy atom. The van der Waals surface area contributed by atoms with Crippen molar-refractivity contribution in [2.45, 2.75) is 136 Å². The number of nitrogens with zero attached hydrogens (tertiary/aromatic N) is 1. The highest BCUT2D eigenvalue weighted by atomic mass is 19.5. The first-order valence-corrected chi connectivity index (χ1v) is 13.0. The Morgan fingerprint density at radius 3 is 1.20 bits per heavy atom. The maximum Gasteiger partial charge on any atom is 0.673 e. The molecule has 1 saturated carbocycles. The summed E-state index contributed by atoms with van der Waals surface area (Å²) in [5, 5.41) is 0. The molecule has 1 rings (SSSR count). The molecule has 182 valence electrons. The summed E-state index contributed by atoms with van der Waals surface area (Å²) in [5.74, 6) is 0. The summed E-state index contributed by atoms with van der Waals surface area (Å²) in [6.45, 7) is 11.5. The average molecular weight is 439 g/mol. The van der Waals surface area contributed by atoms with Crippen molar-refractivity contribution >= 4 is 7.25 Å². The van der Waals surface area contributed by atoms with Crippen molar-refractivity contribution in [1.29, 1.82) is 0 Å². The van der Waals surface area contributed by atoms with E-state index in [0.29, 0.717) is 0 Å². The molecule has 0 N–H and O–H groups in total. The van der Waals surface area contributed by atoms with Crippen LogP contribution >= 0.6 is 0 Å². The molecule has 0 heterocycles. The first kappa shape index (κ1) is 29.7. The zero-order valence-corrected chi connectivity index (χ0v) is 20.3. The normalized spacial score (nSPS) is 15.7. The molecule has 0 amide bonds. The number of hydrogen-bond donors (Lipinski definition) is 0. The summed E-state index contributed by atoms with van der Waals surface area (Å²) in [4.78, 5) is 0. The lowest BCUT2D eigenvalue weighted by Gasteiger charge is -2.47. The molecule has 1 aliphatic rings. The molecule has 0 aliphatic heterocycles. The van der Waals surface area contributed by atoms with Crippen molar-refractivity contribution in [3.8, 4) is 0 Å². The van der Waals surface area contributed by atoms with Crippen LogP contribution in [-0.2, 0) is 0 Å². The first-order valence-electron chi connectivity index (χ1n) is 13.0. The molecule has 1 nitrogen and oxygen atoms in total. The molecule has 0 aromatic carbocycles. The fraction of sp³-hybridized carbons (Fsp3) is 1.00. The number of quaternary nitrogens is 1. The summed E-state index contributed by atoms with van der Waals surface area (Å²) in [7, 11) is -6.00. The molecule has 0 spiro atoms. The van der Waals surface area contributed by atoms with Crippen LogP contribution in [0.4, 0.5) is 17.3 Å². The van der Waals surface area contributed by atoms with Gasteiger partial charge >= 0.3 is 7.25 Å². The lowest BCUT2D eigenvalue weighted by Crippen LogP contribution is -2.57. The Hall–Kier alpha value is -0.255. The molecular weight excluding hydrogens is 389 g/mol. The van der Waals surface area contributed by atoms with Gasteiger partial charge in [0.05, 0.1) is 25.7 Å². The second-order valence-corrected chi connectivity index (χ2v) is 9.36. The minimum absolute atomic E-state index is 0.999. The summed E-state index contributed by atoms with van der Waals surface area (Å²) in [5.41, 5.74) is 0. The van der Waals surface area contributed by atoms with Crippen LogP contribution in [0.3, 0.4) is 0 Å². The van der Waals surface area contributed by atoms with E-state index in [9.17, 15) is 17.3 Å². The van der Waals surface area contributed by atoms with Gasteiger partial charge in [0.25, 0.3) is 0 Å². The summed E-state index contributed by atoms with van der Waals surface area (Å²) >= 11 is 0. The van der Waals surface area contributed by atoms with Crippen LogP contribution < -0.4 is 0 Å². The maximum atomic E-state index is 9.75. The van der Waals surface area contributed by atoms with E-state index < -0.39 is 7.25 Å². The van der Waals surface area contributed by atoms with Crippen LogP contribution in [0.5, 0.6) is 0 Å². The lowest BCUT2D eigenvalue weighted by molar-refractivity contribution is -0.953. The van der Waals surface area contributed by atoms with Crippen LogP contribution in [0, 0.1) is 0 Å². The Morgan fingerprint density at radius 2 is 0.900 bits per heavy atom. The van der Waals surface area contributed by atoms with E-state index in [0.717, 1.165) is 6.04 Å². The van der Waals surface area contributed by atoms with Crippen molar-refractivity contribution in [3.63, 3.8) is 0 Å². The van der Waals surface area contributed by atoms with Gasteiger partial charge in [-0.15, -0.1) is 0 Å². The standard InChI is InChI=1S/C24H50N.BF4/c1-4-7-10-16-21-25(22-17-11-8-5-2,23-18-12-9-6-3)24-19-14-13-15-20-24;2-1(3,4)5/h24H,4-23H2,1-3H3;/q+1;-1. The Bertz CT molecular complexity index is 333. The van der Waals surface area contributed by atoms with Gasteiger partial charge in [-0.2, -0.15) is 0 Å². The second kappa shape index (κ2) is 18.3. The minimum atomic E-state index is -6.00. The van der Waals surface area contributed by atoms with Crippen LogP contribution in [0.2, 0.25) is 0 Å². The van der Waals surface area contributed by atoms with Crippen LogP contribution in [-0.4, -0.2) is 37.4 Å². The minimum Gasteiger partial charge on any atom is -0.418 e. The number of unbranched alkanes of at least 4 members (excludes halogenated alkanes) is 9. The van der Waals surface area contributed by atoms with E-state index >= 15 is 0 Å². The number of halogens is 4. The zero-order chi connectivity index (χ0) is 22.7. The Labute approximate surface area is 185 Å². The van der Waals surface area contributed by atoms with Crippen molar-refractivity contribution in [2.24, 2.45) is 0 Å². The SMILES string of the molecule is CCCCCC[N+](CCCCCC)(CCCCCC)C1CCCCC1.F[B-](F)(F)F. The lowest BCUT2D eigenvalue weighted by atomic mass is 9.90. The largest absolute Gasteiger partial charge is 0.673 e. The van der Waals surface area contributed by atoms with Crippen molar-refractivity contribution in [3.05, 3.63) is 0 Å². The maximum absolute atomic E-state index is 9.75. The topological polar surface area (TPSA) is 0 Å². The van der Waals surface area contributed by atoms with E-state index in [-0.39, 0.29) is 0 Å². The molecule has 6 heteroatoms. The predicted octanol–water partition coefficient (Wildman–Crippen LogP) is 9.18. The first-order chi connectivity index (χ1) is 14.3. The van der Waals surface area contributed by atoms with Gasteiger partial charge in [0, 0.05) is 0 Å². The van der Waals surface area contributed by atoms with Gasteiger partial charge in [-0.1, -0.05) is 65.7 Å². The van der Waals surface area contributed by atoms with E-state index in [2.05, 4.69) is 20.8 Å². The molecule has 0 saturated heterocycles. The number of rotatable bonds is 16. The third kappa shape index (κ3) is 16.4. The van der Waals surface area contributed by atoms with Gasteiger partial charge in [-0.25, -0.2) is 0 Å². The molecular formula is C24H50BF4N. The second-order valence-electron chi connectivity index (χ2n) is 9.36. The zero-order valence-electron chi connectivity index (χ0n) is 20.3. The molecule has 30 heavy (non-hydrogen) atoms. The molecule has 0 atom stereocenters. The Kier molecular flexibility index (Phi) is 18.2. The summed E-state index contributed by atoms with van der Waals surface area (Å²) in [6, 6.07) is 0.999. The van der Waals surface area contributed by atoms with Crippen molar-refractivity contribution in [2.75, 3.05) is 19.6 Å². The van der Waals surface area contributed by atoms with Gasteiger partial charge in [-0.05, 0) is 64.2 Å². The fourth-order valence-corrected chi connectivity index (χ4v) is 5.07. The van der Waals surface area contributed by atoms with Gasteiger partial charge in [-0.3, -0.25) is 0 Å². The van der Waals surface area contributed by atoms with Crippen molar-refractivity contribution in [1.82, 2.24) is 0 Å². The third-order valence-electron chi connectivity index (χ3n) is 6.72. The predicted molar refractivity (Wildman–Crippen MR) is 124 cm³/mol. The van der Waals surface area contributed by atoms with Gasteiger partial charge in [0.2, 0.25) is 0 Å². The highest BCUT2D eigenvalue weighted by molar-refractivity contribution is 6.50. The van der Waals surface area contributed by atoms with Crippen LogP contribution in [0.1, 0.15) is 130 Å². The van der Waals surface area contributed by atoms with Crippen LogP contribution in [0.15, 0.2) is 0 Å². The monoisotopic (exact) mass is 439 g/mol. The molecule has 0 aromatic heterocycles. The van der Waals surface area contributed by atoms with E-state index in [4.69, 9.17) is 0 Å². The number of hydrogen-bond acceptors (Lipinski definition) is 0. The summed E-state index contributed by atoms with van der Waals surface area (Å²) < 4.78 is 40.5. The molecule has 0 aromatic rings. The van der Waals surface area contributed by atoms with E-state index in [1.165, 1.54) is 133 Å². The molecule has 0 radical (unpaired) electrons. The van der Waals surface area contributed by atoms with Crippen LogP contribution in [0.25, 0.3) is 0 Å². The Balaban J connectivity index is 0.00000150. The van der Waals surface area contributed by atoms with E-state index in [1.807, 2.05) is 0 Å². The highest BCUT2D eigenvalue weighted by Crippen LogP contribution is 2.31. The van der Waals surface area contributed by atoms with E-state index in [1.54, 1.807) is 0 Å². The molecule has 1 aliphatic carbocycles. The summed E-state index contributed by atoms with van der Waals surface area (Å²) in [6.07, 6.45) is 24.8. The van der Waals surface area contributed by atoms with Gasteiger partial charge in [0.1, 0.15) is 0 Å². The molecule has 0 bridgehead atoms. The van der Waals surface area contributed by atoms with Gasteiger partial charge < -0.3 is 21.7 Å². The van der Waals surface area contributed by atoms with Crippen molar-refractivity contribution < 1.29 is 21.7 Å². The molecule has 1 fully saturated rings. The fourth-order valence-electron chi connectivity index (χ4n) is 5.07. The third-order valence-corrected chi connectivity index (χ3v) is 6.72. The van der Waals surface area contributed by atoms with Gasteiger partial charge in [0.15, 0.2) is 0 Å².